The molecule has 0 radical (unpaired) electrons. The molecule has 0 amide bonds. The molecule has 1 saturated heterocycles. The fraction of sp³-hybridized carbons (Fsp3) is 0.733. The maximum Gasteiger partial charge on any atom is 0.0926 e. The monoisotopic (exact) mass is 220 g/mol. The summed E-state index contributed by atoms with van der Waals surface area (Å²) in [6, 6.07) is 0. The van der Waals surface area contributed by atoms with Gasteiger partial charge in [-0.05, 0) is 59.8 Å². The highest BCUT2D eigenvalue weighted by Crippen LogP contribution is 2.49. The van der Waals surface area contributed by atoms with Gasteiger partial charge in [0.2, 0.25) is 0 Å². The van der Waals surface area contributed by atoms with E-state index < -0.39 is 0 Å². The summed E-state index contributed by atoms with van der Waals surface area (Å²) in [7, 11) is 0. The van der Waals surface area contributed by atoms with Crippen LogP contribution in [0, 0.1) is 0 Å². The van der Waals surface area contributed by atoms with Crippen LogP contribution in [-0.4, -0.2) is 11.7 Å². The number of rotatable bonds is 3. The van der Waals surface area contributed by atoms with Gasteiger partial charge >= 0.3 is 0 Å². The van der Waals surface area contributed by atoms with Crippen LogP contribution in [0.15, 0.2) is 22.8 Å². The molecule has 90 valence electrons. The molecule has 2 atom stereocenters. The van der Waals surface area contributed by atoms with Crippen LogP contribution < -0.4 is 0 Å². The molecule has 2 unspecified atom stereocenters. The van der Waals surface area contributed by atoms with E-state index in [1.54, 1.807) is 11.1 Å². The number of ether oxygens (including phenoxy) is 1. The molecule has 1 saturated carbocycles. The standard InChI is InChI=1S/C15H24O/c1-11(2)6-5-7-12(3)13-8-9-15(4)14(10-13)16-15/h6,14H,5,7-10H2,1-4H3. The Morgan fingerprint density at radius 1 is 1.44 bits per heavy atom. The molecule has 0 aromatic rings. The second kappa shape index (κ2) is 4.37. The lowest BCUT2D eigenvalue weighted by atomic mass is 9.84. The predicted octanol–water partition coefficient (Wildman–Crippen LogP) is 4.39. The third kappa shape index (κ3) is 2.57. The van der Waals surface area contributed by atoms with Crippen molar-refractivity contribution in [3.05, 3.63) is 22.8 Å². The molecule has 2 rings (SSSR count). The first kappa shape index (κ1) is 11.9. The van der Waals surface area contributed by atoms with Crippen LogP contribution in [0.1, 0.15) is 59.8 Å². The molecule has 0 aromatic carbocycles. The van der Waals surface area contributed by atoms with Gasteiger partial charge in [-0.1, -0.05) is 22.8 Å². The van der Waals surface area contributed by atoms with Gasteiger partial charge in [-0.25, -0.2) is 0 Å². The Morgan fingerprint density at radius 2 is 2.19 bits per heavy atom. The van der Waals surface area contributed by atoms with Crippen LogP contribution in [0.2, 0.25) is 0 Å². The molecule has 0 spiro atoms. The average molecular weight is 220 g/mol. The highest BCUT2D eigenvalue weighted by Gasteiger charge is 2.54. The number of fused-ring (bicyclic) bond motifs is 1. The fourth-order valence-corrected chi connectivity index (χ4v) is 2.64. The summed E-state index contributed by atoms with van der Waals surface area (Å²) in [5, 5.41) is 0. The normalized spacial score (nSPS) is 35.4. The zero-order valence-corrected chi connectivity index (χ0v) is 11.1. The third-order valence-corrected chi connectivity index (χ3v) is 4.07. The Bertz CT molecular complexity index is 333. The summed E-state index contributed by atoms with van der Waals surface area (Å²) in [4.78, 5) is 0. The summed E-state index contributed by atoms with van der Waals surface area (Å²) in [5.41, 5.74) is 4.96. The largest absolute Gasteiger partial charge is 0.366 e. The first-order chi connectivity index (χ1) is 7.51. The van der Waals surface area contributed by atoms with E-state index in [0.29, 0.717) is 6.10 Å². The minimum absolute atomic E-state index is 0.254. The zero-order chi connectivity index (χ0) is 11.8. The van der Waals surface area contributed by atoms with E-state index in [4.69, 9.17) is 4.74 Å². The van der Waals surface area contributed by atoms with E-state index in [1.165, 1.54) is 37.7 Å². The SMILES string of the molecule is CC(C)=CCCC(C)=C1CCC2(C)OC2C1. The van der Waals surface area contributed by atoms with Crippen LogP contribution >= 0.6 is 0 Å². The molecule has 2 fully saturated rings. The molecule has 1 aliphatic heterocycles. The molecule has 1 heteroatoms. The van der Waals surface area contributed by atoms with Crippen LogP contribution in [0.5, 0.6) is 0 Å². The minimum atomic E-state index is 0.254. The molecule has 0 N–H and O–H groups in total. The van der Waals surface area contributed by atoms with E-state index in [-0.39, 0.29) is 5.60 Å². The van der Waals surface area contributed by atoms with E-state index >= 15 is 0 Å². The van der Waals surface area contributed by atoms with Gasteiger partial charge in [0.1, 0.15) is 0 Å². The Morgan fingerprint density at radius 3 is 2.81 bits per heavy atom. The number of epoxide rings is 1. The van der Waals surface area contributed by atoms with Crippen molar-refractivity contribution < 1.29 is 4.74 Å². The van der Waals surface area contributed by atoms with Gasteiger partial charge in [0.05, 0.1) is 11.7 Å². The molecule has 0 aromatic heterocycles. The summed E-state index contributed by atoms with van der Waals surface area (Å²) in [6.07, 6.45) is 8.97. The summed E-state index contributed by atoms with van der Waals surface area (Å²) < 4.78 is 5.74. The smallest absolute Gasteiger partial charge is 0.0926 e. The van der Waals surface area contributed by atoms with E-state index in [2.05, 4.69) is 33.8 Å². The fourth-order valence-electron chi connectivity index (χ4n) is 2.64. The van der Waals surface area contributed by atoms with Crippen molar-refractivity contribution in [2.45, 2.75) is 71.5 Å². The average Bonchev–Trinajstić information content (AvgIpc) is 2.87. The highest BCUT2D eigenvalue weighted by molar-refractivity contribution is 5.22. The predicted molar refractivity (Wildman–Crippen MR) is 68.5 cm³/mol. The van der Waals surface area contributed by atoms with Crippen molar-refractivity contribution >= 4 is 0 Å². The number of hydrogen-bond donors (Lipinski definition) is 0. The van der Waals surface area contributed by atoms with E-state index in [1.807, 2.05) is 0 Å². The minimum Gasteiger partial charge on any atom is -0.366 e. The lowest BCUT2D eigenvalue weighted by Gasteiger charge is -2.18. The topological polar surface area (TPSA) is 12.5 Å². The molecular formula is C15H24O. The number of hydrogen-bond acceptors (Lipinski definition) is 1. The maximum absolute atomic E-state index is 5.74. The molecule has 16 heavy (non-hydrogen) atoms. The van der Waals surface area contributed by atoms with Gasteiger partial charge in [0.15, 0.2) is 0 Å². The molecular weight excluding hydrogens is 196 g/mol. The lowest BCUT2D eigenvalue weighted by Crippen LogP contribution is -2.16. The van der Waals surface area contributed by atoms with Crippen molar-refractivity contribution in [3.8, 4) is 0 Å². The Labute approximate surface area is 99.6 Å². The first-order valence-corrected chi connectivity index (χ1v) is 6.50. The molecule has 0 bridgehead atoms. The Hall–Kier alpha value is -0.560. The quantitative estimate of drug-likeness (QED) is 0.507. The van der Waals surface area contributed by atoms with Crippen LogP contribution in [0.4, 0.5) is 0 Å². The van der Waals surface area contributed by atoms with Gasteiger partial charge in [-0.3, -0.25) is 0 Å². The van der Waals surface area contributed by atoms with Crippen molar-refractivity contribution in [2.75, 3.05) is 0 Å². The second-order valence-electron chi connectivity index (χ2n) is 5.83. The van der Waals surface area contributed by atoms with Gasteiger partial charge in [0, 0.05) is 0 Å². The van der Waals surface area contributed by atoms with E-state index in [9.17, 15) is 0 Å². The summed E-state index contributed by atoms with van der Waals surface area (Å²) >= 11 is 0. The van der Waals surface area contributed by atoms with Crippen molar-refractivity contribution in [1.82, 2.24) is 0 Å². The van der Waals surface area contributed by atoms with Crippen LogP contribution in [0.3, 0.4) is 0 Å². The van der Waals surface area contributed by atoms with Crippen LogP contribution in [0.25, 0.3) is 0 Å². The van der Waals surface area contributed by atoms with Crippen molar-refractivity contribution in [1.29, 1.82) is 0 Å². The van der Waals surface area contributed by atoms with Crippen molar-refractivity contribution in [2.24, 2.45) is 0 Å². The molecule has 1 nitrogen and oxygen atoms in total. The van der Waals surface area contributed by atoms with Crippen molar-refractivity contribution in [3.63, 3.8) is 0 Å². The highest BCUT2D eigenvalue weighted by atomic mass is 16.6. The maximum atomic E-state index is 5.74. The lowest BCUT2D eigenvalue weighted by molar-refractivity contribution is 0.305. The van der Waals surface area contributed by atoms with Gasteiger partial charge < -0.3 is 4.74 Å². The number of allylic oxidation sites excluding steroid dienone is 3. The van der Waals surface area contributed by atoms with Gasteiger partial charge in [0.25, 0.3) is 0 Å². The molecule has 1 heterocycles. The summed E-state index contributed by atoms with van der Waals surface area (Å²) in [6.45, 7) is 8.91. The third-order valence-electron chi connectivity index (χ3n) is 4.07. The van der Waals surface area contributed by atoms with E-state index in [0.717, 1.165) is 0 Å². The Balaban J connectivity index is 1.88. The van der Waals surface area contributed by atoms with Crippen LogP contribution in [-0.2, 0) is 4.74 Å². The zero-order valence-electron chi connectivity index (χ0n) is 11.1. The molecule has 1 aliphatic carbocycles. The molecule has 2 aliphatic rings. The van der Waals surface area contributed by atoms with Gasteiger partial charge in [-0.15, -0.1) is 0 Å². The second-order valence-corrected chi connectivity index (χ2v) is 5.83. The first-order valence-electron chi connectivity index (χ1n) is 6.50. The Kier molecular flexibility index (Phi) is 3.25. The van der Waals surface area contributed by atoms with Gasteiger partial charge in [-0.2, -0.15) is 0 Å². The summed E-state index contributed by atoms with van der Waals surface area (Å²) in [5.74, 6) is 0.